The molecule has 7 nitrogen and oxygen atoms in total. The molecule has 3 aromatic rings. The molecule has 0 radical (unpaired) electrons. The Morgan fingerprint density at radius 3 is 2.66 bits per heavy atom. The van der Waals surface area contributed by atoms with Crippen LogP contribution in [0.25, 0.3) is 22.8 Å². The van der Waals surface area contributed by atoms with Crippen LogP contribution in [0.1, 0.15) is 52.2 Å². The number of hydrogen-bond donors (Lipinski definition) is 1. The largest absolute Gasteiger partial charge is 0.489 e. The summed E-state index contributed by atoms with van der Waals surface area (Å²) in [7, 11) is 0. The van der Waals surface area contributed by atoms with Gasteiger partial charge in [0, 0.05) is 17.7 Å². The molecular formula is C27H32ClN3O4. The summed E-state index contributed by atoms with van der Waals surface area (Å²) in [6.45, 7) is 11.1. The van der Waals surface area contributed by atoms with Gasteiger partial charge in [-0.15, -0.1) is 0 Å². The normalized spacial score (nSPS) is 15.5. The highest BCUT2D eigenvalue weighted by Gasteiger charge is 2.37. The van der Waals surface area contributed by atoms with E-state index >= 15 is 0 Å². The van der Waals surface area contributed by atoms with Crippen LogP contribution in [-0.2, 0) is 17.8 Å². The first-order chi connectivity index (χ1) is 16.5. The van der Waals surface area contributed by atoms with Crippen LogP contribution < -0.4 is 4.74 Å². The van der Waals surface area contributed by atoms with Gasteiger partial charge in [0.1, 0.15) is 11.8 Å². The van der Waals surface area contributed by atoms with Gasteiger partial charge in [-0.2, -0.15) is 4.98 Å². The summed E-state index contributed by atoms with van der Waals surface area (Å²) in [4.78, 5) is 18.8. The Morgan fingerprint density at radius 1 is 1.23 bits per heavy atom. The molecule has 2 heterocycles. The van der Waals surface area contributed by atoms with Gasteiger partial charge in [0.2, 0.25) is 5.82 Å². The number of ether oxygens (including phenoxy) is 1. The van der Waals surface area contributed by atoms with Crippen LogP contribution in [0.15, 0.2) is 40.9 Å². The third-order valence-corrected chi connectivity index (χ3v) is 6.44. The Balaban J connectivity index is 1.63. The van der Waals surface area contributed by atoms with E-state index in [9.17, 15) is 9.90 Å². The first-order valence-electron chi connectivity index (χ1n) is 11.9. The Bertz CT molecular complexity index is 1220. The number of carboxylic acid groups (broad SMARTS) is 1. The SMILES string of the molecule is CC(C)Oc1ccc(-c2nc(-c3cccc4c3CCCN(C(C(=O)O)C(C)(C)C)C4)no2)cc1Cl. The minimum absolute atomic E-state index is 0.0202. The molecule has 1 N–H and O–H groups in total. The van der Waals surface area contributed by atoms with Crippen molar-refractivity contribution < 1.29 is 19.2 Å². The van der Waals surface area contributed by atoms with Crippen LogP contribution >= 0.6 is 11.6 Å². The molecular weight excluding hydrogens is 466 g/mol. The van der Waals surface area contributed by atoms with Gasteiger partial charge in [0.15, 0.2) is 0 Å². The minimum atomic E-state index is -0.789. The molecule has 1 unspecified atom stereocenters. The summed E-state index contributed by atoms with van der Waals surface area (Å²) < 4.78 is 11.3. The third kappa shape index (κ3) is 5.52. The number of carbonyl (C=O) groups is 1. The maximum absolute atomic E-state index is 12.1. The summed E-state index contributed by atoms with van der Waals surface area (Å²) in [5.41, 5.74) is 3.48. The Hall–Kier alpha value is -2.90. The standard InChI is InChI=1S/C27H32ClN3O4/c1-16(2)34-22-12-11-17(14-21(22)28)25-29-24(30-35-25)20-9-6-8-18-15-31(13-7-10-19(18)20)23(26(32)33)27(3,4)5/h6,8-9,11-12,14,16,23H,7,10,13,15H2,1-5H3,(H,32,33). The molecule has 1 aliphatic heterocycles. The average molecular weight is 498 g/mol. The van der Waals surface area contributed by atoms with Crippen LogP contribution in [0.2, 0.25) is 5.02 Å². The number of benzene rings is 2. The van der Waals surface area contributed by atoms with Crippen molar-refractivity contribution in [3.05, 3.63) is 52.5 Å². The topological polar surface area (TPSA) is 88.7 Å². The highest BCUT2D eigenvalue weighted by Crippen LogP contribution is 2.35. The van der Waals surface area contributed by atoms with Crippen LogP contribution in [0.3, 0.4) is 0 Å². The molecule has 0 saturated heterocycles. The van der Waals surface area contributed by atoms with Gasteiger partial charge in [-0.3, -0.25) is 9.69 Å². The zero-order chi connectivity index (χ0) is 25.3. The molecule has 4 rings (SSSR count). The van der Waals surface area contributed by atoms with Crippen molar-refractivity contribution in [1.29, 1.82) is 0 Å². The molecule has 0 spiro atoms. The van der Waals surface area contributed by atoms with Gasteiger partial charge in [-0.25, -0.2) is 0 Å². The second kappa shape index (κ2) is 9.99. The summed E-state index contributed by atoms with van der Waals surface area (Å²) in [5, 5.41) is 14.7. The highest BCUT2D eigenvalue weighted by atomic mass is 35.5. The molecule has 1 atom stereocenters. The maximum atomic E-state index is 12.1. The third-order valence-electron chi connectivity index (χ3n) is 6.15. The lowest BCUT2D eigenvalue weighted by Crippen LogP contribution is -2.49. The fraction of sp³-hybridized carbons (Fsp3) is 0.444. The quantitative estimate of drug-likeness (QED) is 0.440. The molecule has 2 aromatic carbocycles. The Kier molecular flexibility index (Phi) is 7.20. The van der Waals surface area contributed by atoms with Gasteiger partial charge in [0.25, 0.3) is 5.89 Å². The summed E-state index contributed by atoms with van der Waals surface area (Å²) >= 11 is 6.39. The lowest BCUT2D eigenvalue weighted by molar-refractivity contribution is -0.148. The number of nitrogens with zero attached hydrogens (tertiary/aromatic N) is 3. The first kappa shape index (κ1) is 25.2. The number of aliphatic carboxylic acids is 1. The molecule has 0 fully saturated rings. The van der Waals surface area contributed by atoms with Gasteiger partial charge in [-0.1, -0.05) is 55.7 Å². The number of aromatic nitrogens is 2. The van der Waals surface area contributed by atoms with E-state index in [2.05, 4.69) is 21.1 Å². The van der Waals surface area contributed by atoms with Crippen molar-refractivity contribution in [2.45, 2.75) is 66.2 Å². The molecule has 0 bridgehead atoms. The van der Waals surface area contributed by atoms with Crippen LogP contribution in [0.5, 0.6) is 5.75 Å². The summed E-state index contributed by atoms with van der Waals surface area (Å²) in [6, 6.07) is 10.9. The number of halogens is 1. The Labute approximate surface area is 211 Å². The molecule has 0 aliphatic carbocycles. The number of hydrogen-bond acceptors (Lipinski definition) is 6. The maximum Gasteiger partial charge on any atom is 0.321 e. The van der Waals surface area contributed by atoms with Crippen molar-refractivity contribution in [2.24, 2.45) is 5.41 Å². The monoisotopic (exact) mass is 497 g/mol. The minimum Gasteiger partial charge on any atom is -0.489 e. The smallest absolute Gasteiger partial charge is 0.321 e. The van der Waals surface area contributed by atoms with Crippen molar-refractivity contribution in [3.63, 3.8) is 0 Å². The van der Waals surface area contributed by atoms with E-state index in [0.717, 1.165) is 29.5 Å². The average Bonchev–Trinajstić information content (AvgIpc) is 3.15. The van der Waals surface area contributed by atoms with E-state index in [0.29, 0.717) is 41.1 Å². The molecule has 1 aliphatic rings. The van der Waals surface area contributed by atoms with E-state index in [-0.39, 0.29) is 11.5 Å². The molecule has 186 valence electrons. The number of fused-ring (bicyclic) bond motifs is 1. The van der Waals surface area contributed by atoms with Gasteiger partial charge < -0.3 is 14.4 Å². The second-order valence-corrected chi connectivity index (χ2v) is 10.8. The lowest BCUT2D eigenvalue weighted by atomic mass is 9.85. The molecule has 35 heavy (non-hydrogen) atoms. The van der Waals surface area contributed by atoms with E-state index in [1.54, 1.807) is 12.1 Å². The lowest BCUT2D eigenvalue weighted by Gasteiger charge is -2.36. The van der Waals surface area contributed by atoms with Crippen molar-refractivity contribution in [2.75, 3.05) is 6.54 Å². The fourth-order valence-electron chi connectivity index (χ4n) is 4.77. The zero-order valence-corrected chi connectivity index (χ0v) is 21.6. The molecule has 8 heteroatoms. The van der Waals surface area contributed by atoms with Crippen molar-refractivity contribution in [1.82, 2.24) is 15.0 Å². The summed E-state index contributed by atoms with van der Waals surface area (Å²) in [6.07, 6.45) is 1.68. The van der Waals surface area contributed by atoms with E-state index in [1.165, 1.54) is 0 Å². The van der Waals surface area contributed by atoms with E-state index < -0.39 is 12.0 Å². The zero-order valence-electron chi connectivity index (χ0n) is 20.8. The summed E-state index contributed by atoms with van der Waals surface area (Å²) in [5.74, 6) is 0.709. The van der Waals surface area contributed by atoms with Crippen LogP contribution in [0, 0.1) is 5.41 Å². The van der Waals surface area contributed by atoms with Gasteiger partial charge in [0.05, 0.1) is 11.1 Å². The highest BCUT2D eigenvalue weighted by molar-refractivity contribution is 6.32. The van der Waals surface area contributed by atoms with E-state index in [4.69, 9.17) is 20.9 Å². The van der Waals surface area contributed by atoms with Crippen LogP contribution in [-0.4, -0.2) is 44.8 Å². The molecule has 0 saturated carbocycles. The number of carboxylic acids is 1. The predicted octanol–water partition coefficient (Wildman–Crippen LogP) is 6.09. The van der Waals surface area contributed by atoms with E-state index in [1.807, 2.05) is 52.8 Å². The predicted molar refractivity (Wildman–Crippen MR) is 136 cm³/mol. The van der Waals surface area contributed by atoms with Crippen molar-refractivity contribution >= 4 is 17.6 Å². The Morgan fingerprint density at radius 2 is 2.00 bits per heavy atom. The second-order valence-electron chi connectivity index (χ2n) is 10.4. The van der Waals surface area contributed by atoms with Gasteiger partial charge in [-0.05, 0) is 68.0 Å². The first-order valence-corrected chi connectivity index (χ1v) is 12.3. The molecule has 1 aromatic heterocycles. The number of rotatable bonds is 6. The molecule has 0 amide bonds. The van der Waals surface area contributed by atoms with Crippen molar-refractivity contribution in [3.8, 4) is 28.6 Å². The fourth-order valence-corrected chi connectivity index (χ4v) is 5.00. The van der Waals surface area contributed by atoms with Crippen LogP contribution in [0.4, 0.5) is 0 Å². The van der Waals surface area contributed by atoms with Gasteiger partial charge >= 0.3 is 5.97 Å².